The van der Waals surface area contributed by atoms with Crippen molar-refractivity contribution in [3.63, 3.8) is 0 Å². The van der Waals surface area contributed by atoms with Gasteiger partial charge in [-0.2, -0.15) is 5.10 Å². The van der Waals surface area contributed by atoms with Crippen LogP contribution in [-0.2, 0) is 4.74 Å². The number of hydrogen-bond donors (Lipinski definition) is 1. The molecule has 1 saturated heterocycles. The van der Waals surface area contributed by atoms with Gasteiger partial charge in [-0.1, -0.05) is 13.8 Å². The minimum Gasteiger partial charge on any atom is -0.383 e. The van der Waals surface area contributed by atoms with E-state index >= 15 is 0 Å². The number of morpholine rings is 1. The Morgan fingerprint density at radius 3 is 2.36 bits per heavy atom. The number of aromatic nitrogens is 4. The minimum atomic E-state index is 0.415. The van der Waals surface area contributed by atoms with Crippen LogP contribution in [0.5, 0.6) is 0 Å². The lowest BCUT2D eigenvalue weighted by atomic mass is 9.90. The molecule has 138 valence electrons. The topological polar surface area (TPSA) is 82.1 Å². The first-order chi connectivity index (χ1) is 12.2. The van der Waals surface area contributed by atoms with Crippen molar-refractivity contribution in [2.75, 3.05) is 32.0 Å². The van der Waals surface area contributed by atoms with Crippen LogP contribution in [0.4, 0.5) is 5.82 Å². The molecule has 25 heavy (non-hydrogen) atoms. The number of nitrogens with two attached hydrogens (primary N) is 1. The predicted molar refractivity (Wildman–Crippen MR) is 99.5 cm³/mol. The molecular formula is C18H30N6O. The zero-order valence-electron chi connectivity index (χ0n) is 15.6. The Hall–Kier alpha value is -1.73. The van der Waals surface area contributed by atoms with E-state index in [9.17, 15) is 0 Å². The quantitative estimate of drug-likeness (QED) is 0.900. The van der Waals surface area contributed by atoms with Crippen molar-refractivity contribution in [2.24, 2.45) is 0 Å². The van der Waals surface area contributed by atoms with E-state index in [4.69, 9.17) is 15.6 Å². The van der Waals surface area contributed by atoms with Crippen molar-refractivity contribution in [3.05, 3.63) is 12.0 Å². The maximum Gasteiger partial charge on any atom is 0.163 e. The van der Waals surface area contributed by atoms with Gasteiger partial charge < -0.3 is 10.5 Å². The van der Waals surface area contributed by atoms with Crippen LogP contribution in [-0.4, -0.2) is 57.0 Å². The summed E-state index contributed by atoms with van der Waals surface area (Å²) in [5, 5.41) is 5.62. The normalized spacial score (nSPS) is 24.8. The molecule has 2 aromatic rings. The average molecular weight is 346 g/mol. The predicted octanol–water partition coefficient (Wildman–Crippen LogP) is 2.56. The number of hydrogen-bond acceptors (Lipinski definition) is 6. The van der Waals surface area contributed by atoms with E-state index in [0.717, 1.165) is 55.9 Å². The maximum absolute atomic E-state index is 6.00. The molecule has 4 rings (SSSR count). The number of rotatable bonds is 2. The Labute approximate surface area is 149 Å². The summed E-state index contributed by atoms with van der Waals surface area (Å²) >= 11 is 0. The number of ether oxygens (including phenoxy) is 1. The van der Waals surface area contributed by atoms with Crippen LogP contribution in [0.25, 0.3) is 11.0 Å². The van der Waals surface area contributed by atoms with E-state index in [2.05, 4.69) is 19.5 Å². The summed E-state index contributed by atoms with van der Waals surface area (Å²) in [5.74, 6) is 0.528. The highest BCUT2D eigenvalue weighted by Crippen LogP contribution is 2.34. The van der Waals surface area contributed by atoms with Crippen LogP contribution >= 0.6 is 0 Å². The van der Waals surface area contributed by atoms with Gasteiger partial charge in [-0.05, 0) is 32.6 Å². The number of fused-ring (bicyclic) bond motifs is 1. The summed E-state index contributed by atoms with van der Waals surface area (Å²) in [6, 6.07) is 1.11. The standard InChI is InChI=1S/C16H24N6O.C2H6/c1-11-14-15(17)18-10-19-16(14)22(20-11)13-4-2-12(3-5-13)21-6-8-23-9-7-21;1-2/h10,12-13H,2-9H2,1H3,(H2,17,18,19);1-2H3. The lowest BCUT2D eigenvalue weighted by Gasteiger charge is -2.38. The molecule has 2 N–H and O–H groups in total. The molecular weight excluding hydrogens is 316 g/mol. The van der Waals surface area contributed by atoms with E-state index in [-0.39, 0.29) is 0 Å². The van der Waals surface area contributed by atoms with E-state index in [1.54, 1.807) is 0 Å². The van der Waals surface area contributed by atoms with Crippen LogP contribution in [0.3, 0.4) is 0 Å². The van der Waals surface area contributed by atoms with Crippen molar-refractivity contribution in [1.82, 2.24) is 24.6 Å². The molecule has 0 radical (unpaired) electrons. The molecule has 3 heterocycles. The first kappa shape index (κ1) is 18.1. The van der Waals surface area contributed by atoms with Gasteiger partial charge in [0.15, 0.2) is 5.65 Å². The van der Waals surface area contributed by atoms with E-state index in [0.29, 0.717) is 17.9 Å². The van der Waals surface area contributed by atoms with Crippen molar-refractivity contribution < 1.29 is 4.74 Å². The Morgan fingerprint density at radius 1 is 1.04 bits per heavy atom. The Kier molecular flexibility index (Phi) is 5.86. The molecule has 2 aliphatic rings. The maximum atomic E-state index is 6.00. The monoisotopic (exact) mass is 346 g/mol. The molecule has 1 saturated carbocycles. The smallest absolute Gasteiger partial charge is 0.163 e. The molecule has 0 unspecified atom stereocenters. The summed E-state index contributed by atoms with van der Waals surface area (Å²) in [5.41, 5.74) is 7.80. The van der Waals surface area contributed by atoms with Gasteiger partial charge in [0.05, 0.1) is 30.3 Å². The highest BCUT2D eigenvalue weighted by atomic mass is 16.5. The van der Waals surface area contributed by atoms with E-state index in [1.165, 1.54) is 19.2 Å². The van der Waals surface area contributed by atoms with Gasteiger partial charge in [0.25, 0.3) is 0 Å². The number of anilines is 1. The second kappa shape index (κ2) is 8.10. The van der Waals surface area contributed by atoms with Gasteiger partial charge in [-0.3, -0.25) is 4.90 Å². The SMILES string of the molecule is CC.Cc1nn(C2CCC(N3CCOCC3)CC2)c2ncnc(N)c12. The van der Waals surface area contributed by atoms with Crippen LogP contribution in [0, 0.1) is 6.92 Å². The highest BCUT2D eigenvalue weighted by Gasteiger charge is 2.29. The molecule has 0 aromatic carbocycles. The third kappa shape index (κ3) is 3.62. The number of nitrogen functional groups attached to an aromatic ring is 1. The molecule has 2 aromatic heterocycles. The Bertz CT molecular complexity index is 686. The van der Waals surface area contributed by atoms with Gasteiger partial charge in [0.1, 0.15) is 12.1 Å². The Balaban J connectivity index is 0.000000880. The van der Waals surface area contributed by atoms with Gasteiger partial charge >= 0.3 is 0 Å². The molecule has 1 aliphatic carbocycles. The molecule has 7 heteroatoms. The van der Waals surface area contributed by atoms with Gasteiger partial charge in [0, 0.05) is 19.1 Å². The molecule has 7 nitrogen and oxygen atoms in total. The van der Waals surface area contributed by atoms with Crippen molar-refractivity contribution in [1.29, 1.82) is 0 Å². The fourth-order valence-electron chi connectivity index (χ4n) is 4.03. The number of aryl methyl sites for hydroxylation is 1. The summed E-state index contributed by atoms with van der Waals surface area (Å²) in [6.07, 6.45) is 6.25. The molecule has 2 fully saturated rings. The van der Waals surface area contributed by atoms with Crippen molar-refractivity contribution >= 4 is 16.9 Å². The van der Waals surface area contributed by atoms with Gasteiger partial charge in [-0.25, -0.2) is 14.6 Å². The lowest BCUT2D eigenvalue weighted by Crippen LogP contribution is -2.45. The fourth-order valence-corrected chi connectivity index (χ4v) is 4.03. The first-order valence-electron chi connectivity index (χ1n) is 9.51. The lowest BCUT2D eigenvalue weighted by molar-refractivity contribution is 0.00519. The van der Waals surface area contributed by atoms with Crippen molar-refractivity contribution in [3.8, 4) is 0 Å². The minimum absolute atomic E-state index is 0.415. The summed E-state index contributed by atoms with van der Waals surface area (Å²) in [7, 11) is 0. The zero-order valence-corrected chi connectivity index (χ0v) is 15.6. The molecule has 0 amide bonds. The van der Waals surface area contributed by atoms with E-state index in [1.807, 2.05) is 20.8 Å². The van der Waals surface area contributed by atoms with Crippen molar-refractivity contribution in [2.45, 2.75) is 58.5 Å². The largest absolute Gasteiger partial charge is 0.383 e. The zero-order chi connectivity index (χ0) is 17.8. The first-order valence-corrected chi connectivity index (χ1v) is 9.51. The van der Waals surface area contributed by atoms with E-state index < -0.39 is 0 Å². The average Bonchev–Trinajstić information content (AvgIpc) is 3.02. The second-order valence-corrected chi connectivity index (χ2v) is 6.60. The molecule has 0 spiro atoms. The second-order valence-electron chi connectivity index (χ2n) is 6.60. The molecule has 1 aliphatic heterocycles. The Morgan fingerprint density at radius 2 is 1.68 bits per heavy atom. The molecule has 0 atom stereocenters. The van der Waals surface area contributed by atoms with Gasteiger partial charge in [0.2, 0.25) is 0 Å². The summed E-state index contributed by atoms with van der Waals surface area (Å²) in [4.78, 5) is 11.1. The van der Waals surface area contributed by atoms with Crippen LogP contribution in [0.15, 0.2) is 6.33 Å². The highest BCUT2D eigenvalue weighted by molar-refractivity contribution is 5.87. The summed E-state index contributed by atoms with van der Waals surface area (Å²) in [6.45, 7) is 9.88. The fraction of sp³-hybridized carbons (Fsp3) is 0.722. The third-order valence-corrected chi connectivity index (χ3v) is 5.27. The van der Waals surface area contributed by atoms with Gasteiger partial charge in [-0.15, -0.1) is 0 Å². The van der Waals surface area contributed by atoms with Crippen LogP contribution in [0.2, 0.25) is 0 Å². The number of nitrogens with zero attached hydrogens (tertiary/aromatic N) is 5. The molecule has 0 bridgehead atoms. The van der Waals surface area contributed by atoms with Crippen LogP contribution < -0.4 is 5.73 Å². The van der Waals surface area contributed by atoms with Crippen LogP contribution in [0.1, 0.15) is 51.3 Å². The third-order valence-electron chi connectivity index (χ3n) is 5.27. The summed E-state index contributed by atoms with van der Waals surface area (Å²) < 4.78 is 7.54.